The van der Waals surface area contributed by atoms with Crippen LogP contribution in [0.25, 0.3) is 10.9 Å². The molecule has 1 atom stereocenters. The Morgan fingerprint density at radius 3 is 2.87 bits per heavy atom. The molecule has 0 aliphatic carbocycles. The fourth-order valence-electron chi connectivity index (χ4n) is 4.19. The first-order valence-corrected chi connectivity index (χ1v) is 10.5. The summed E-state index contributed by atoms with van der Waals surface area (Å²) in [4.78, 5) is 20.5. The van der Waals surface area contributed by atoms with E-state index in [0.717, 1.165) is 46.3 Å². The highest BCUT2D eigenvalue weighted by atomic mass is 16.5. The lowest BCUT2D eigenvalue weighted by Gasteiger charge is -2.36. The quantitative estimate of drug-likeness (QED) is 0.551. The topological polar surface area (TPSA) is 51.7 Å². The van der Waals surface area contributed by atoms with Crippen LogP contribution in [0.1, 0.15) is 46.1 Å². The van der Waals surface area contributed by atoms with E-state index in [1.807, 2.05) is 48.2 Å². The van der Waals surface area contributed by atoms with Gasteiger partial charge in [0.2, 0.25) is 0 Å². The van der Waals surface area contributed by atoms with Gasteiger partial charge in [-0.25, -0.2) is 0 Å². The number of ether oxygens (including phenoxy) is 2. The molecule has 3 aromatic rings. The van der Waals surface area contributed by atoms with Crippen LogP contribution in [0.5, 0.6) is 5.75 Å². The standard InChI is InChI=1S/C25H28N2O3/c1-17-9-10-22-19(15-17)16-21(18(2)26-22)25(28)27(12-6-13-29-3)23-11-14-30-24-8-5-4-7-20(23)24/h4-5,7-10,15-16,23H,6,11-14H2,1-3H3. The van der Waals surface area contributed by atoms with Crippen LogP contribution in [0.3, 0.4) is 0 Å². The van der Waals surface area contributed by atoms with E-state index in [2.05, 4.69) is 19.1 Å². The number of methoxy groups -OCH3 is 1. The number of carbonyl (C=O) groups is 1. The Morgan fingerprint density at radius 2 is 2.03 bits per heavy atom. The van der Waals surface area contributed by atoms with Gasteiger partial charge in [-0.3, -0.25) is 9.78 Å². The fraction of sp³-hybridized carbons (Fsp3) is 0.360. The largest absolute Gasteiger partial charge is 0.493 e. The van der Waals surface area contributed by atoms with Gasteiger partial charge < -0.3 is 14.4 Å². The Hall–Kier alpha value is -2.92. The summed E-state index contributed by atoms with van der Waals surface area (Å²) in [5.74, 6) is 0.878. The molecule has 0 N–H and O–H groups in total. The SMILES string of the molecule is COCCCN(C(=O)c1cc2cc(C)ccc2nc1C)C1CCOc2ccccc21. The van der Waals surface area contributed by atoms with Crippen LogP contribution in [-0.2, 0) is 4.74 Å². The van der Waals surface area contributed by atoms with Crippen molar-refractivity contribution in [1.82, 2.24) is 9.88 Å². The van der Waals surface area contributed by atoms with Crippen LogP contribution in [0.4, 0.5) is 0 Å². The van der Waals surface area contributed by atoms with Crippen molar-refractivity contribution in [3.63, 3.8) is 0 Å². The number of nitrogens with zero attached hydrogens (tertiary/aromatic N) is 2. The molecule has 1 aliphatic rings. The Kier molecular flexibility index (Phi) is 6.00. The molecule has 1 amide bonds. The minimum atomic E-state index is -0.0214. The number of hydrogen-bond acceptors (Lipinski definition) is 4. The molecule has 2 heterocycles. The molecule has 30 heavy (non-hydrogen) atoms. The highest BCUT2D eigenvalue weighted by molar-refractivity contribution is 5.99. The van der Waals surface area contributed by atoms with Gasteiger partial charge in [-0.1, -0.05) is 29.8 Å². The highest BCUT2D eigenvalue weighted by Crippen LogP contribution is 2.37. The van der Waals surface area contributed by atoms with Crippen molar-refractivity contribution >= 4 is 16.8 Å². The molecule has 5 heteroatoms. The van der Waals surface area contributed by atoms with E-state index in [1.54, 1.807) is 7.11 Å². The Bertz CT molecular complexity index is 1060. The summed E-state index contributed by atoms with van der Waals surface area (Å²) in [6.45, 7) is 5.80. The van der Waals surface area contributed by atoms with Gasteiger partial charge in [0.15, 0.2) is 0 Å². The molecule has 1 unspecified atom stereocenters. The van der Waals surface area contributed by atoms with Crippen molar-refractivity contribution < 1.29 is 14.3 Å². The number of benzene rings is 2. The van der Waals surface area contributed by atoms with Gasteiger partial charge in [0.05, 0.1) is 29.4 Å². The number of para-hydroxylation sites is 1. The third kappa shape index (κ3) is 4.03. The van der Waals surface area contributed by atoms with Crippen LogP contribution in [0, 0.1) is 13.8 Å². The summed E-state index contributed by atoms with van der Waals surface area (Å²) in [5.41, 5.74) is 4.55. The van der Waals surface area contributed by atoms with Crippen LogP contribution < -0.4 is 4.74 Å². The van der Waals surface area contributed by atoms with E-state index >= 15 is 0 Å². The van der Waals surface area contributed by atoms with Crippen molar-refractivity contribution in [3.05, 3.63) is 70.9 Å². The molecule has 1 aromatic heterocycles. The van der Waals surface area contributed by atoms with Crippen LogP contribution in [0.2, 0.25) is 0 Å². The van der Waals surface area contributed by atoms with Gasteiger partial charge in [-0.05, 0) is 44.5 Å². The second-order valence-electron chi connectivity index (χ2n) is 7.85. The number of aromatic nitrogens is 1. The van der Waals surface area contributed by atoms with Crippen LogP contribution in [-0.4, -0.2) is 42.7 Å². The monoisotopic (exact) mass is 404 g/mol. The highest BCUT2D eigenvalue weighted by Gasteiger charge is 2.31. The first kappa shape index (κ1) is 20.4. The van der Waals surface area contributed by atoms with Gasteiger partial charge in [-0.15, -0.1) is 0 Å². The zero-order valence-corrected chi connectivity index (χ0v) is 17.9. The van der Waals surface area contributed by atoms with Gasteiger partial charge in [0, 0.05) is 37.6 Å². The lowest BCUT2D eigenvalue weighted by atomic mass is 9.97. The van der Waals surface area contributed by atoms with Crippen molar-refractivity contribution in [2.75, 3.05) is 26.9 Å². The summed E-state index contributed by atoms with van der Waals surface area (Å²) >= 11 is 0. The fourth-order valence-corrected chi connectivity index (χ4v) is 4.19. The molecule has 156 valence electrons. The van der Waals surface area contributed by atoms with E-state index < -0.39 is 0 Å². The molecular weight excluding hydrogens is 376 g/mol. The Labute approximate surface area is 177 Å². The average Bonchev–Trinajstić information content (AvgIpc) is 2.76. The van der Waals surface area contributed by atoms with Crippen molar-refractivity contribution in [2.45, 2.75) is 32.7 Å². The molecule has 0 spiro atoms. The predicted molar refractivity (Wildman–Crippen MR) is 118 cm³/mol. The van der Waals surface area contributed by atoms with E-state index in [-0.39, 0.29) is 11.9 Å². The molecule has 0 fully saturated rings. The lowest BCUT2D eigenvalue weighted by molar-refractivity contribution is 0.0595. The maximum atomic E-state index is 13.8. The van der Waals surface area contributed by atoms with Crippen molar-refractivity contribution in [1.29, 1.82) is 0 Å². The predicted octanol–water partition coefficient (Wildman–Crippen LogP) is 4.85. The number of hydrogen-bond donors (Lipinski definition) is 0. The molecule has 4 rings (SSSR count). The summed E-state index contributed by atoms with van der Waals surface area (Å²) in [6.07, 6.45) is 1.55. The minimum absolute atomic E-state index is 0.0150. The molecule has 5 nitrogen and oxygen atoms in total. The molecule has 0 saturated heterocycles. The first-order chi connectivity index (χ1) is 14.6. The number of fused-ring (bicyclic) bond motifs is 2. The summed E-state index contributed by atoms with van der Waals surface area (Å²) in [5, 5.41) is 0.994. The normalized spacial score (nSPS) is 15.5. The lowest BCUT2D eigenvalue weighted by Crippen LogP contribution is -2.39. The molecule has 1 aliphatic heterocycles. The Morgan fingerprint density at radius 1 is 1.20 bits per heavy atom. The average molecular weight is 405 g/mol. The summed E-state index contributed by atoms with van der Waals surface area (Å²) in [7, 11) is 1.69. The molecule has 0 saturated carbocycles. The molecule has 0 bridgehead atoms. The van der Waals surface area contributed by atoms with Gasteiger partial charge in [0.25, 0.3) is 5.91 Å². The van der Waals surface area contributed by atoms with E-state index in [1.165, 1.54) is 0 Å². The van der Waals surface area contributed by atoms with Crippen LogP contribution >= 0.6 is 0 Å². The molecule has 0 radical (unpaired) electrons. The molecular formula is C25H28N2O3. The zero-order chi connectivity index (χ0) is 21.1. The van der Waals surface area contributed by atoms with E-state index in [4.69, 9.17) is 14.5 Å². The smallest absolute Gasteiger partial charge is 0.256 e. The zero-order valence-electron chi connectivity index (χ0n) is 17.9. The van der Waals surface area contributed by atoms with Gasteiger partial charge >= 0.3 is 0 Å². The maximum absolute atomic E-state index is 13.8. The second kappa shape index (κ2) is 8.84. The number of amides is 1. The molecule has 2 aromatic carbocycles. The van der Waals surface area contributed by atoms with Gasteiger partial charge in [0.1, 0.15) is 5.75 Å². The number of pyridine rings is 1. The summed E-state index contributed by atoms with van der Waals surface area (Å²) in [6, 6.07) is 16.1. The second-order valence-corrected chi connectivity index (χ2v) is 7.85. The van der Waals surface area contributed by atoms with E-state index in [0.29, 0.717) is 25.3 Å². The third-order valence-electron chi connectivity index (χ3n) is 5.70. The number of rotatable bonds is 6. The van der Waals surface area contributed by atoms with Gasteiger partial charge in [-0.2, -0.15) is 0 Å². The first-order valence-electron chi connectivity index (χ1n) is 10.5. The third-order valence-corrected chi connectivity index (χ3v) is 5.70. The number of carbonyl (C=O) groups excluding carboxylic acids is 1. The van der Waals surface area contributed by atoms with E-state index in [9.17, 15) is 4.79 Å². The van der Waals surface area contributed by atoms with Crippen LogP contribution in [0.15, 0.2) is 48.5 Å². The minimum Gasteiger partial charge on any atom is -0.493 e. The van der Waals surface area contributed by atoms with Crippen molar-refractivity contribution in [2.24, 2.45) is 0 Å². The number of aryl methyl sites for hydroxylation is 2. The Balaban J connectivity index is 1.74. The van der Waals surface area contributed by atoms with Crippen molar-refractivity contribution in [3.8, 4) is 5.75 Å². The summed E-state index contributed by atoms with van der Waals surface area (Å²) < 4.78 is 11.1. The maximum Gasteiger partial charge on any atom is 0.256 e.